The first-order valence-electron chi connectivity index (χ1n) is 9.60. The van der Waals surface area contributed by atoms with Gasteiger partial charge in [0.05, 0.1) is 24.0 Å². The van der Waals surface area contributed by atoms with E-state index in [9.17, 15) is 24.6 Å². The quantitative estimate of drug-likeness (QED) is 0.629. The number of aliphatic carboxylic acids is 1. The van der Waals surface area contributed by atoms with E-state index in [1.54, 1.807) is 19.0 Å². The fourth-order valence-corrected chi connectivity index (χ4v) is 4.79. The second-order valence-electron chi connectivity index (χ2n) is 8.12. The number of hydrogen-bond donors (Lipinski definition) is 2. The van der Waals surface area contributed by atoms with Crippen LogP contribution in [0, 0.1) is 17.8 Å². The van der Waals surface area contributed by atoms with E-state index in [1.165, 1.54) is 4.90 Å². The predicted molar refractivity (Wildman–Crippen MR) is 97.5 cm³/mol. The van der Waals surface area contributed by atoms with Gasteiger partial charge in [-0.1, -0.05) is 13.8 Å². The summed E-state index contributed by atoms with van der Waals surface area (Å²) in [5.74, 6) is -2.02. The lowest BCUT2D eigenvalue weighted by Crippen LogP contribution is -2.64. The van der Waals surface area contributed by atoms with Crippen molar-refractivity contribution in [3.8, 4) is 0 Å². The smallest absolute Gasteiger partial charge is 0.352 e. The molecule has 3 aliphatic rings. The lowest BCUT2D eigenvalue weighted by molar-refractivity contribution is -0.164. The fourth-order valence-electron chi connectivity index (χ4n) is 4.79. The number of aliphatic hydroxyl groups is 1. The Balaban J connectivity index is 1.78. The van der Waals surface area contributed by atoms with Crippen LogP contribution in [-0.4, -0.2) is 88.6 Å². The largest absolute Gasteiger partial charge is 0.477 e. The van der Waals surface area contributed by atoms with Gasteiger partial charge >= 0.3 is 5.97 Å². The van der Waals surface area contributed by atoms with Crippen LogP contribution < -0.4 is 0 Å². The Labute approximate surface area is 159 Å². The minimum absolute atomic E-state index is 0.0689. The zero-order chi connectivity index (χ0) is 20.0. The van der Waals surface area contributed by atoms with Gasteiger partial charge in [-0.3, -0.25) is 14.5 Å². The molecule has 8 heteroatoms. The summed E-state index contributed by atoms with van der Waals surface area (Å²) in [6, 6.07) is -0.282. The molecular weight excluding hydrogens is 350 g/mol. The number of nitrogens with zero attached hydrogens (tertiary/aromatic N) is 3. The summed E-state index contributed by atoms with van der Waals surface area (Å²) in [4.78, 5) is 41.6. The second-order valence-corrected chi connectivity index (χ2v) is 8.12. The van der Waals surface area contributed by atoms with Gasteiger partial charge in [0, 0.05) is 33.1 Å². The molecule has 150 valence electrons. The first-order chi connectivity index (χ1) is 12.7. The maximum absolute atomic E-state index is 12.5. The maximum Gasteiger partial charge on any atom is 0.352 e. The summed E-state index contributed by atoms with van der Waals surface area (Å²) in [5, 5.41) is 19.9. The molecule has 8 nitrogen and oxygen atoms in total. The van der Waals surface area contributed by atoms with E-state index in [4.69, 9.17) is 0 Å². The Morgan fingerprint density at radius 2 is 2.00 bits per heavy atom. The van der Waals surface area contributed by atoms with Crippen molar-refractivity contribution in [3.63, 3.8) is 0 Å². The summed E-state index contributed by atoms with van der Waals surface area (Å²) >= 11 is 0. The molecule has 3 aliphatic heterocycles. The summed E-state index contributed by atoms with van der Waals surface area (Å²) in [7, 11) is 3.48. The number of carboxylic acids is 1. The molecule has 0 aliphatic carbocycles. The van der Waals surface area contributed by atoms with Gasteiger partial charge in [0.1, 0.15) is 5.70 Å². The van der Waals surface area contributed by atoms with Crippen LogP contribution in [0.5, 0.6) is 0 Å². The molecule has 5 unspecified atom stereocenters. The lowest BCUT2D eigenvalue weighted by atomic mass is 9.76. The highest BCUT2D eigenvalue weighted by Gasteiger charge is 2.60. The molecule has 0 saturated carbocycles. The number of β-lactam (4-membered cyclic amide) rings is 1. The molecule has 27 heavy (non-hydrogen) atoms. The summed E-state index contributed by atoms with van der Waals surface area (Å²) < 4.78 is 0. The molecule has 0 aromatic heterocycles. The van der Waals surface area contributed by atoms with Crippen LogP contribution in [0.1, 0.15) is 26.7 Å². The van der Waals surface area contributed by atoms with Gasteiger partial charge in [-0.15, -0.1) is 0 Å². The van der Waals surface area contributed by atoms with Crippen molar-refractivity contribution in [1.29, 1.82) is 0 Å². The number of likely N-dealkylation sites (tertiary alicyclic amines) is 1. The van der Waals surface area contributed by atoms with E-state index in [1.807, 2.05) is 13.8 Å². The van der Waals surface area contributed by atoms with Gasteiger partial charge in [-0.2, -0.15) is 0 Å². The molecule has 0 bridgehead atoms. The monoisotopic (exact) mass is 379 g/mol. The SMILES string of the molecule is CCC(O)C1C(=O)N2C(C(=O)O)=C(CN3CCC(C(=O)N(C)C)C3)C(C)C12. The van der Waals surface area contributed by atoms with Crippen LogP contribution in [0.3, 0.4) is 0 Å². The lowest BCUT2D eigenvalue weighted by Gasteiger charge is -2.47. The van der Waals surface area contributed by atoms with Crippen LogP contribution in [0.4, 0.5) is 0 Å². The Morgan fingerprint density at radius 1 is 1.33 bits per heavy atom. The number of carbonyl (C=O) groups excluding carboxylic acids is 2. The van der Waals surface area contributed by atoms with Crippen LogP contribution in [0.25, 0.3) is 0 Å². The Hall–Kier alpha value is -1.93. The zero-order valence-corrected chi connectivity index (χ0v) is 16.4. The first-order valence-corrected chi connectivity index (χ1v) is 9.60. The van der Waals surface area contributed by atoms with Crippen LogP contribution in [-0.2, 0) is 14.4 Å². The molecule has 2 fully saturated rings. The van der Waals surface area contributed by atoms with Gasteiger partial charge in [0.15, 0.2) is 0 Å². The zero-order valence-electron chi connectivity index (χ0n) is 16.4. The van der Waals surface area contributed by atoms with Crippen molar-refractivity contribution >= 4 is 17.8 Å². The standard InChI is InChI=1S/C19H29N3O5/c1-5-13(23)14-15-10(2)12(16(19(26)27)22(15)18(14)25)9-21-7-6-11(8-21)17(24)20(3)4/h10-11,13-15,23H,5-9H2,1-4H3,(H,26,27). The Bertz CT molecular complexity index is 689. The highest BCUT2D eigenvalue weighted by atomic mass is 16.4. The number of amides is 2. The number of carboxylic acid groups (broad SMARTS) is 1. The van der Waals surface area contributed by atoms with Crippen molar-refractivity contribution in [2.75, 3.05) is 33.7 Å². The topological polar surface area (TPSA) is 101 Å². The van der Waals surface area contributed by atoms with Crippen LogP contribution >= 0.6 is 0 Å². The third-order valence-electron chi connectivity index (χ3n) is 6.29. The van der Waals surface area contributed by atoms with Gasteiger partial charge in [-0.05, 0) is 25.0 Å². The normalized spacial score (nSPS) is 31.7. The number of hydrogen-bond acceptors (Lipinski definition) is 5. The van der Waals surface area contributed by atoms with Crippen LogP contribution in [0.2, 0.25) is 0 Å². The highest BCUT2D eigenvalue weighted by molar-refractivity contribution is 6.00. The van der Waals surface area contributed by atoms with Crippen LogP contribution in [0.15, 0.2) is 11.3 Å². The number of fused-ring (bicyclic) bond motifs is 1. The highest BCUT2D eigenvalue weighted by Crippen LogP contribution is 2.47. The van der Waals surface area contributed by atoms with E-state index < -0.39 is 18.0 Å². The van der Waals surface area contributed by atoms with Gasteiger partial charge in [0.2, 0.25) is 11.8 Å². The minimum atomic E-state index is -1.10. The van der Waals surface area contributed by atoms with Crippen molar-refractivity contribution in [2.45, 2.75) is 38.8 Å². The van der Waals surface area contributed by atoms with Crippen molar-refractivity contribution in [2.24, 2.45) is 17.8 Å². The molecule has 2 amide bonds. The van der Waals surface area contributed by atoms with Gasteiger partial charge in [-0.25, -0.2) is 4.79 Å². The van der Waals surface area contributed by atoms with Crippen molar-refractivity contribution in [1.82, 2.24) is 14.7 Å². The number of rotatable bonds is 6. The summed E-state index contributed by atoms with van der Waals surface area (Å²) in [5.41, 5.74) is 0.795. The maximum atomic E-state index is 12.5. The molecular formula is C19H29N3O5. The minimum Gasteiger partial charge on any atom is -0.477 e. The van der Waals surface area contributed by atoms with E-state index in [0.29, 0.717) is 19.5 Å². The molecule has 0 aromatic carbocycles. The van der Waals surface area contributed by atoms with E-state index in [0.717, 1.165) is 18.5 Å². The molecule has 2 saturated heterocycles. The third kappa shape index (κ3) is 3.14. The molecule has 0 radical (unpaired) electrons. The first kappa shape index (κ1) is 19.8. The molecule has 3 heterocycles. The average molecular weight is 379 g/mol. The summed E-state index contributed by atoms with van der Waals surface area (Å²) in [6.45, 7) is 5.52. The van der Waals surface area contributed by atoms with Crippen molar-refractivity contribution < 1.29 is 24.6 Å². The van der Waals surface area contributed by atoms with Crippen molar-refractivity contribution in [3.05, 3.63) is 11.3 Å². The molecule has 2 N–H and O–H groups in total. The molecule has 0 spiro atoms. The third-order valence-corrected chi connectivity index (χ3v) is 6.29. The van der Waals surface area contributed by atoms with E-state index in [-0.39, 0.29) is 35.4 Å². The fraction of sp³-hybridized carbons (Fsp3) is 0.737. The Morgan fingerprint density at radius 3 is 2.56 bits per heavy atom. The van der Waals surface area contributed by atoms with Gasteiger partial charge < -0.3 is 20.0 Å². The summed E-state index contributed by atoms with van der Waals surface area (Å²) in [6.07, 6.45) is 0.472. The molecule has 5 atom stereocenters. The second kappa shape index (κ2) is 7.24. The Kier molecular flexibility index (Phi) is 5.31. The van der Waals surface area contributed by atoms with E-state index >= 15 is 0 Å². The number of aliphatic hydroxyl groups excluding tert-OH is 1. The molecule has 3 rings (SSSR count). The predicted octanol–water partition coefficient (Wildman–Crippen LogP) is -0.0172. The van der Waals surface area contributed by atoms with E-state index in [2.05, 4.69) is 4.90 Å². The van der Waals surface area contributed by atoms with Gasteiger partial charge in [0.25, 0.3) is 0 Å². The number of carbonyl (C=O) groups is 3. The molecule has 0 aromatic rings. The average Bonchev–Trinajstić information content (AvgIpc) is 3.17.